The first-order valence-corrected chi connectivity index (χ1v) is 7.38. The van der Waals surface area contributed by atoms with E-state index < -0.39 is 0 Å². The fourth-order valence-corrected chi connectivity index (χ4v) is 1.96. The Morgan fingerprint density at radius 2 is 1.48 bits per heavy atom. The Kier molecular flexibility index (Phi) is 6.10. The molecule has 0 amide bonds. The van der Waals surface area contributed by atoms with Gasteiger partial charge in [0.15, 0.2) is 0 Å². The van der Waals surface area contributed by atoms with Gasteiger partial charge in [-0.25, -0.2) is 0 Å². The molecule has 3 heteroatoms. The van der Waals surface area contributed by atoms with E-state index in [4.69, 9.17) is 14.6 Å². The molecule has 0 aliphatic heterocycles. The molecule has 0 aromatic heterocycles. The Balaban J connectivity index is 1.74. The van der Waals surface area contributed by atoms with Crippen molar-refractivity contribution in [2.24, 2.45) is 0 Å². The van der Waals surface area contributed by atoms with E-state index in [1.165, 1.54) is 0 Å². The van der Waals surface area contributed by atoms with Crippen LogP contribution < -0.4 is 9.47 Å². The van der Waals surface area contributed by atoms with Gasteiger partial charge < -0.3 is 14.6 Å². The first-order valence-electron chi connectivity index (χ1n) is 7.38. The number of aliphatic hydroxyl groups is 1. The standard InChI is InChI=1S/C18H22O3/c1-15(19)7-5-6-14-20-16-10-12-18(13-11-16)21-17-8-3-2-4-9-17/h2-4,8-13,15,19H,5-7,14H2,1H3. The lowest BCUT2D eigenvalue weighted by atomic mass is 10.2. The number of para-hydroxylation sites is 1. The lowest BCUT2D eigenvalue weighted by Crippen LogP contribution is -2.02. The third-order valence-corrected chi connectivity index (χ3v) is 3.09. The van der Waals surface area contributed by atoms with E-state index in [0.29, 0.717) is 6.61 Å². The molecule has 112 valence electrons. The summed E-state index contributed by atoms with van der Waals surface area (Å²) in [6.07, 6.45) is 2.53. The lowest BCUT2D eigenvalue weighted by Gasteiger charge is -2.09. The highest BCUT2D eigenvalue weighted by Gasteiger charge is 1.99. The fourth-order valence-electron chi connectivity index (χ4n) is 1.96. The molecular formula is C18H22O3. The zero-order valence-corrected chi connectivity index (χ0v) is 12.4. The first kappa shape index (κ1) is 15.4. The van der Waals surface area contributed by atoms with Crippen molar-refractivity contribution in [3.63, 3.8) is 0 Å². The molecule has 0 aliphatic carbocycles. The highest BCUT2D eigenvalue weighted by Crippen LogP contribution is 2.23. The number of aliphatic hydroxyl groups excluding tert-OH is 1. The predicted octanol–water partition coefficient (Wildman–Crippen LogP) is 4.41. The van der Waals surface area contributed by atoms with Crippen LogP contribution in [-0.2, 0) is 0 Å². The maximum absolute atomic E-state index is 9.17. The summed E-state index contributed by atoms with van der Waals surface area (Å²) in [4.78, 5) is 0. The number of benzene rings is 2. The lowest BCUT2D eigenvalue weighted by molar-refractivity contribution is 0.177. The molecule has 2 aromatic carbocycles. The molecule has 0 fully saturated rings. The molecule has 0 heterocycles. The van der Waals surface area contributed by atoms with Crippen molar-refractivity contribution in [2.75, 3.05) is 6.61 Å². The Labute approximate surface area is 126 Å². The molecule has 0 saturated carbocycles. The summed E-state index contributed by atoms with van der Waals surface area (Å²) in [7, 11) is 0. The van der Waals surface area contributed by atoms with Crippen LogP contribution in [0.25, 0.3) is 0 Å². The molecule has 0 spiro atoms. The second kappa shape index (κ2) is 8.32. The van der Waals surface area contributed by atoms with Crippen LogP contribution in [0.2, 0.25) is 0 Å². The highest BCUT2D eigenvalue weighted by atomic mass is 16.5. The molecule has 0 bridgehead atoms. The molecule has 21 heavy (non-hydrogen) atoms. The smallest absolute Gasteiger partial charge is 0.127 e. The van der Waals surface area contributed by atoms with E-state index in [2.05, 4.69) is 0 Å². The summed E-state index contributed by atoms with van der Waals surface area (Å²) >= 11 is 0. The number of hydrogen-bond donors (Lipinski definition) is 1. The third kappa shape index (κ3) is 5.88. The zero-order chi connectivity index (χ0) is 14.9. The van der Waals surface area contributed by atoms with Crippen LogP contribution in [0.5, 0.6) is 17.2 Å². The molecule has 2 aromatic rings. The van der Waals surface area contributed by atoms with Crippen molar-refractivity contribution < 1.29 is 14.6 Å². The summed E-state index contributed by atoms with van der Waals surface area (Å²) in [5.74, 6) is 2.46. The van der Waals surface area contributed by atoms with Gasteiger partial charge in [0.05, 0.1) is 12.7 Å². The highest BCUT2D eigenvalue weighted by molar-refractivity contribution is 5.35. The van der Waals surface area contributed by atoms with Crippen molar-refractivity contribution in [3.05, 3.63) is 54.6 Å². The largest absolute Gasteiger partial charge is 0.494 e. The van der Waals surface area contributed by atoms with Crippen LogP contribution in [0.15, 0.2) is 54.6 Å². The molecule has 0 aliphatic rings. The third-order valence-electron chi connectivity index (χ3n) is 3.09. The van der Waals surface area contributed by atoms with Crippen LogP contribution in [0.3, 0.4) is 0 Å². The number of rotatable bonds is 8. The van der Waals surface area contributed by atoms with E-state index in [1.807, 2.05) is 61.5 Å². The second-order valence-electron chi connectivity index (χ2n) is 5.08. The summed E-state index contributed by atoms with van der Waals surface area (Å²) < 4.78 is 11.4. The Morgan fingerprint density at radius 1 is 0.857 bits per heavy atom. The van der Waals surface area contributed by atoms with Crippen molar-refractivity contribution in [3.8, 4) is 17.2 Å². The number of unbranched alkanes of at least 4 members (excludes halogenated alkanes) is 1. The van der Waals surface area contributed by atoms with E-state index in [-0.39, 0.29) is 6.10 Å². The first-order chi connectivity index (χ1) is 10.2. The summed E-state index contributed by atoms with van der Waals surface area (Å²) in [6.45, 7) is 2.48. The van der Waals surface area contributed by atoms with Gasteiger partial charge in [-0.05, 0) is 62.6 Å². The Bertz CT molecular complexity index is 506. The molecule has 0 radical (unpaired) electrons. The maximum atomic E-state index is 9.17. The number of ether oxygens (including phenoxy) is 2. The van der Waals surface area contributed by atoms with Gasteiger partial charge in [-0.15, -0.1) is 0 Å². The predicted molar refractivity (Wildman–Crippen MR) is 84.0 cm³/mol. The average molecular weight is 286 g/mol. The van der Waals surface area contributed by atoms with Gasteiger partial charge in [-0.3, -0.25) is 0 Å². The van der Waals surface area contributed by atoms with Gasteiger partial charge in [0, 0.05) is 0 Å². The van der Waals surface area contributed by atoms with Gasteiger partial charge in [-0.2, -0.15) is 0 Å². The molecule has 0 saturated heterocycles. The van der Waals surface area contributed by atoms with Gasteiger partial charge in [0.1, 0.15) is 17.2 Å². The molecular weight excluding hydrogens is 264 g/mol. The van der Waals surface area contributed by atoms with Crippen LogP contribution >= 0.6 is 0 Å². The topological polar surface area (TPSA) is 38.7 Å². The monoisotopic (exact) mass is 286 g/mol. The fraction of sp³-hybridized carbons (Fsp3) is 0.333. The SMILES string of the molecule is CC(O)CCCCOc1ccc(Oc2ccccc2)cc1. The van der Waals surface area contributed by atoms with E-state index in [9.17, 15) is 0 Å². The summed E-state index contributed by atoms with van der Waals surface area (Å²) in [6, 6.07) is 17.3. The quantitative estimate of drug-likeness (QED) is 0.731. The molecule has 1 atom stereocenters. The zero-order valence-electron chi connectivity index (χ0n) is 12.4. The van der Waals surface area contributed by atoms with Crippen molar-refractivity contribution in [2.45, 2.75) is 32.3 Å². The molecule has 3 nitrogen and oxygen atoms in total. The van der Waals surface area contributed by atoms with Gasteiger partial charge in [-0.1, -0.05) is 18.2 Å². The van der Waals surface area contributed by atoms with E-state index in [1.54, 1.807) is 0 Å². The van der Waals surface area contributed by atoms with Gasteiger partial charge in [0.2, 0.25) is 0 Å². The summed E-state index contributed by atoms with van der Waals surface area (Å²) in [5.41, 5.74) is 0. The normalized spacial score (nSPS) is 11.9. The van der Waals surface area contributed by atoms with Crippen LogP contribution in [0.1, 0.15) is 26.2 Å². The van der Waals surface area contributed by atoms with Crippen LogP contribution in [0, 0.1) is 0 Å². The van der Waals surface area contributed by atoms with E-state index >= 15 is 0 Å². The molecule has 1 N–H and O–H groups in total. The molecule has 2 rings (SSSR count). The van der Waals surface area contributed by atoms with Crippen molar-refractivity contribution in [1.29, 1.82) is 0 Å². The minimum atomic E-state index is -0.223. The average Bonchev–Trinajstić information content (AvgIpc) is 2.49. The summed E-state index contributed by atoms with van der Waals surface area (Å²) in [5, 5.41) is 9.17. The minimum absolute atomic E-state index is 0.223. The Morgan fingerprint density at radius 3 is 2.14 bits per heavy atom. The van der Waals surface area contributed by atoms with Crippen LogP contribution in [0.4, 0.5) is 0 Å². The maximum Gasteiger partial charge on any atom is 0.127 e. The van der Waals surface area contributed by atoms with E-state index in [0.717, 1.165) is 36.5 Å². The second-order valence-corrected chi connectivity index (χ2v) is 5.08. The van der Waals surface area contributed by atoms with Gasteiger partial charge >= 0.3 is 0 Å². The van der Waals surface area contributed by atoms with Crippen molar-refractivity contribution >= 4 is 0 Å². The minimum Gasteiger partial charge on any atom is -0.494 e. The Hall–Kier alpha value is -2.00. The molecule has 1 unspecified atom stereocenters. The van der Waals surface area contributed by atoms with Crippen molar-refractivity contribution in [1.82, 2.24) is 0 Å². The number of hydrogen-bond acceptors (Lipinski definition) is 3. The van der Waals surface area contributed by atoms with Gasteiger partial charge in [0.25, 0.3) is 0 Å². The van der Waals surface area contributed by atoms with Crippen LogP contribution in [-0.4, -0.2) is 17.8 Å².